The molecule has 0 unspecified atom stereocenters. The van der Waals surface area contributed by atoms with Crippen molar-refractivity contribution in [2.45, 2.75) is 71.8 Å². The highest BCUT2D eigenvalue weighted by molar-refractivity contribution is 6.05. The molecule has 7 heteroatoms. The van der Waals surface area contributed by atoms with E-state index in [1.807, 2.05) is 18.2 Å². The highest BCUT2D eigenvalue weighted by atomic mass is 15.3. The van der Waals surface area contributed by atoms with Crippen LogP contribution in [0.1, 0.15) is 69.9 Å². The van der Waals surface area contributed by atoms with E-state index in [0.29, 0.717) is 17.9 Å². The summed E-state index contributed by atoms with van der Waals surface area (Å²) < 4.78 is 0. The highest BCUT2D eigenvalue weighted by Gasteiger charge is 2.30. The second-order valence-electron chi connectivity index (χ2n) is 11.9. The summed E-state index contributed by atoms with van der Waals surface area (Å²) in [5.74, 6) is 2.25. The summed E-state index contributed by atoms with van der Waals surface area (Å²) in [6.07, 6.45) is 8.66. The monoisotopic (exact) mass is 549 g/mol. The third-order valence-corrected chi connectivity index (χ3v) is 8.14. The Balaban J connectivity index is 1.63. The van der Waals surface area contributed by atoms with E-state index < -0.39 is 0 Å². The Morgan fingerprint density at radius 2 is 1.71 bits per heavy atom. The van der Waals surface area contributed by atoms with Gasteiger partial charge in [0.1, 0.15) is 5.84 Å². The Kier molecular flexibility index (Phi) is 9.12. The van der Waals surface area contributed by atoms with Gasteiger partial charge < -0.3 is 16.0 Å². The highest BCUT2D eigenvalue weighted by Crippen LogP contribution is 2.39. The van der Waals surface area contributed by atoms with E-state index in [0.717, 1.165) is 53.3 Å². The van der Waals surface area contributed by atoms with Gasteiger partial charge in [0.25, 0.3) is 0 Å². The molecule has 0 saturated heterocycles. The normalized spacial score (nSPS) is 16.6. The molecule has 3 aromatic carbocycles. The van der Waals surface area contributed by atoms with E-state index in [-0.39, 0.29) is 5.84 Å². The van der Waals surface area contributed by atoms with E-state index in [1.54, 1.807) is 0 Å². The molecule has 4 N–H and O–H groups in total. The molecule has 2 aliphatic rings. The third kappa shape index (κ3) is 7.02. The van der Waals surface area contributed by atoms with Crippen LogP contribution in [0.4, 0.5) is 17.1 Å². The van der Waals surface area contributed by atoms with Gasteiger partial charge in [0.15, 0.2) is 5.84 Å². The van der Waals surface area contributed by atoms with Gasteiger partial charge in [0.2, 0.25) is 0 Å². The van der Waals surface area contributed by atoms with E-state index in [2.05, 4.69) is 89.8 Å². The van der Waals surface area contributed by atoms with Gasteiger partial charge in [-0.15, -0.1) is 5.10 Å². The number of rotatable bonds is 10. The SMILES string of the molecule is Cc1ccccc1/N=C(/Nc1cc(-c2ccccc2/C(N)=N/N=N)ccc1N(CC(C)C)C1CCCCC1)C1CC1. The first-order chi connectivity index (χ1) is 19.9. The molecule has 7 nitrogen and oxygen atoms in total. The van der Waals surface area contributed by atoms with E-state index in [4.69, 9.17) is 16.3 Å². The molecule has 0 aliphatic heterocycles. The largest absolute Gasteiger partial charge is 0.382 e. The Bertz CT molecular complexity index is 1410. The lowest BCUT2D eigenvalue weighted by molar-refractivity contribution is 0.401. The molecule has 0 atom stereocenters. The van der Waals surface area contributed by atoms with Crippen LogP contribution in [0, 0.1) is 24.3 Å². The maximum atomic E-state index is 7.18. The summed E-state index contributed by atoms with van der Waals surface area (Å²) in [4.78, 5) is 7.82. The first-order valence-corrected chi connectivity index (χ1v) is 15.1. The fourth-order valence-electron chi connectivity index (χ4n) is 5.88. The van der Waals surface area contributed by atoms with Crippen LogP contribution in [0.15, 0.2) is 82.0 Å². The van der Waals surface area contributed by atoms with Crippen LogP contribution >= 0.6 is 0 Å². The predicted octanol–water partition coefficient (Wildman–Crippen LogP) is 8.66. The molecule has 0 aromatic heterocycles. The first-order valence-electron chi connectivity index (χ1n) is 15.1. The maximum absolute atomic E-state index is 7.18. The molecule has 2 saturated carbocycles. The zero-order valence-electron chi connectivity index (χ0n) is 24.6. The molecule has 0 heterocycles. The number of para-hydroxylation sites is 1. The van der Waals surface area contributed by atoms with Crippen molar-refractivity contribution in [3.8, 4) is 11.1 Å². The summed E-state index contributed by atoms with van der Waals surface area (Å²) >= 11 is 0. The van der Waals surface area contributed by atoms with Gasteiger partial charge in [-0.2, -0.15) is 5.53 Å². The van der Waals surface area contributed by atoms with Crippen LogP contribution in [-0.2, 0) is 0 Å². The molecule has 0 amide bonds. The van der Waals surface area contributed by atoms with E-state index in [9.17, 15) is 0 Å². The van der Waals surface area contributed by atoms with Crippen molar-refractivity contribution in [3.63, 3.8) is 0 Å². The van der Waals surface area contributed by atoms with Gasteiger partial charge in [-0.25, -0.2) is 4.99 Å². The number of amidine groups is 2. The van der Waals surface area contributed by atoms with Crippen LogP contribution in [0.3, 0.4) is 0 Å². The van der Waals surface area contributed by atoms with Crippen molar-refractivity contribution in [1.29, 1.82) is 5.53 Å². The minimum atomic E-state index is 0.234. The smallest absolute Gasteiger partial charge is 0.155 e. The average Bonchev–Trinajstić information content (AvgIpc) is 3.83. The number of benzene rings is 3. The van der Waals surface area contributed by atoms with Gasteiger partial charge in [-0.3, -0.25) is 0 Å². The van der Waals surface area contributed by atoms with Crippen LogP contribution in [0.5, 0.6) is 0 Å². The number of hydrogen-bond acceptors (Lipinski definition) is 4. The molecule has 5 rings (SSSR count). The quantitative estimate of drug-likeness (QED) is 0.102. The molecular weight excluding hydrogens is 506 g/mol. The third-order valence-electron chi connectivity index (χ3n) is 8.14. The second kappa shape index (κ2) is 13.1. The fourth-order valence-corrected chi connectivity index (χ4v) is 5.88. The molecule has 0 spiro atoms. The number of aryl methyl sites for hydroxylation is 1. The lowest BCUT2D eigenvalue weighted by Crippen LogP contribution is -2.40. The minimum absolute atomic E-state index is 0.234. The van der Waals surface area contributed by atoms with Gasteiger partial charge in [-0.05, 0) is 73.4 Å². The summed E-state index contributed by atoms with van der Waals surface area (Å²) in [5.41, 5.74) is 20.7. The van der Waals surface area contributed by atoms with Crippen molar-refractivity contribution in [3.05, 3.63) is 77.9 Å². The number of aliphatic imine (C=N–C) groups is 1. The molecule has 41 heavy (non-hydrogen) atoms. The zero-order chi connectivity index (χ0) is 28.8. The summed E-state index contributed by atoms with van der Waals surface area (Å²) in [7, 11) is 0. The van der Waals surface area contributed by atoms with Crippen molar-refractivity contribution in [1.82, 2.24) is 0 Å². The van der Waals surface area contributed by atoms with E-state index >= 15 is 0 Å². The van der Waals surface area contributed by atoms with Crippen LogP contribution < -0.4 is 16.0 Å². The van der Waals surface area contributed by atoms with Crippen molar-refractivity contribution < 1.29 is 0 Å². The average molecular weight is 550 g/mol. The van der Waals surface area contributed by atoms with Crippen molar-refractivity contribution in [2.75, 3.05) is 16.8 Å². The Morgan fingerprint density at radius 1 is 0.976 bits per heavy atom. The number of nitrogens with one attached hydrogen (secondary N) is 2. The fraction of sp³-hybridized carbons (Fsp3) is 0.412. The van der Waals surface area contributed by atoms with Gasteiger partial charge >= 0.3 is 0 Å². The Labute approximate surface area is 244 Å². The summed E-state index contributed by atoms with van der Waals surface area (Å²) in [6.45, 7) is 7.74. The van der Waals surface area contributed by atoms with Crippen LogP contribution in [0.2, 0.25) is 0 Å². The molecule has 2 fully saturated rings. The lowest BCUT2D eigenvalue weighted by atomic mass is 9.92. The van der Waals surface area contributed by atoms with Gasteiger partial charge in [0.05, 0.1) is 17.1 Å². The molecule has 214 valence electrons. The van der Waals surface area contributed by atoms with Crippen LogP contribution in [-0.4, -0.2) is 24.3 Å². The second-order valence-corrected chi connectivity index (χ2v) is 11.9. The Hall–Kier alpha value is -4.00. The van der Waals surface area contributed by atoms with Gasteiger partial charge in [-0.1, -0.05) is 86.9 Å². The lowest BCUT2D eigenvalue weighted by Gasteiger charge is -2.38. The van der Waals surface area contributed by atoms with Gasteiger partial charge in [0, 0.05) is 24.1 Å². The molecule has 3 aromatic rings. The molecule has 0 radical (unpaired) electrons. The molecule has 0 bridgehead atoms. The molecular formula is C34H43N7. The zero-order valence-corrected chi connectivity index (χ0v) is 24.6. The Morgan fingerprint density at radius 3 is 2.41 bits per heavy atom. The maximum Gasteiger partial charge on any atom is 0.155 e. The predicted molar refractivity (Wildman–Crippen MR) is 171 cm³/mol. The standard InChI is InChI=1S/C34H43N7/c1-23(2)22-41(27-12-5-4-6-13-27)32-20-19-26(28-14-8-9-15-29(28)33(35)39-40-36)21-31(32)38-34(25-17-18-25)37-30-16-10-7-11-24(30)3/h7-11,14-16,19-21,23,25,27H,4-6,12-13,17-18,22H2,1-3H3,(H,37,38)(H3,35,36,39). The van der Waals surface area contributed by atoms with Crippen molar-refractivity contribution in [2.24, 2.45) is 32.9 Å². The topological polar surface area (TPSA) is 102 Å². The molecule has 2 aliphatic carbocycles. The number of hydrogen-bond donors (Lipinski definition) is 3. The number of anilines is 2. The minimum Gasteiger partial charge on any atom is -0.382 e. The number of nitrogens with zero attached hydrogens (tertiary/aromatic N) is 4. The number of nitrogens with two attached hydrogens (primary N) is 1. The first kappa shape index (κ1) is 28.5. The van der Waals surface area contributed by atoms with E-state index in [1.165, 1.54) is 43.4 Å². The summed E-state index contributed by atoms with van der Waals surface area (Å²) in [5, 5.41) is 10.9. The van der Waals surface area contributed by atoms with Crippen molar-refractivity contribution >= 4 is 28.7 Å². The summed E-state index contributed by atoms with van der Waals surface area (Å²) in [6, 6.07) is 23.5. The van der Waals surface area contributed by atoms with Crippen LogP contribution in [0.25, 0.3) is 11.1 Å².